The number of carbonyl (C=O) groups excluding carboxylic acids is 2. The number of fused-ring (bicyclic) bond motifs is 1. The molecule has 1 unspecified atom stereocenters. The first kappa shape index (κ1) is 21.6. The number of methoxy groups -OCH3 is 1. The first-order chi connectivity index (χ1) is 13.1. The second kappa shape index (κ2) is 8.99. The predicted molar refractivity (Wildman–Crippen MR) is 98.6 cm³/mol. The molecule has 1 aliphatic rings. The van der Waals surface area contributed by atoms with Gasteiger partial charge in [0.15, 0.2) is 5.83 Å². The molecule has 1 aromatic rings. The van der Waals surface area contributed by atoms with Crippen LogP contribution in [0.5, 0.6) is 11.5 Å². The summed E-state index contributed by atoms with van der Waals surface area (Å²) in [7, 11) is 1.39. The van der Waals surface area contributed by atoms with Crippen molar-refractivity contribution in [1.29, 1.82) is 0 Å². The minimum absolute atomic E-state index is 0.122. The highest BCUT2D eigenvalue weighted by Gasteiger charge is 2.29. The summed E-state index contributed by atoms with van der Waals surface area (Å²) in [4.78, 5) is 24.5. The van der Waals surface area contributed by atoms with Gasteiger partial charge in [-0.2, -0.15) is 0 Å². The van der Waals surface area contributed by atoms with Gasteiger partial charge < -0.3 is 24.8 Å². The molecule has 4 atom stereocenters. The highest BCUT2D eigenvalue weighted by molar-refractivity contribution is 5.98. The van der Waals surface area contributed by atoms with Gasteiger partial charge in [0.05, 0.1) is 13.2 Å². The fourth-order valence-electron chi connectivity index (χ4n) is 2.66. The van der Waals surface area contributed by atoms with Gasteiger partial charge in [-0.1, -0.05) is 19.1 Å². The zero-order chi connectivity index (χ0) is 21.0. The van der Waals surface area contributed by atoms with Crippen molar-refractivity contribution in [2.45, 2.75) is 38.6 Å². The Morgan fingerprint density at radius 3 is 2.54 bits per heavy atom. The number of aromatic hydroxyl groups is 1. The number of ketones is 1. The number of cyclic esters (lactones) is 1. The van der Waals surface area contributed by atoms with E-state index in [1.165, 1.54) is 45.2 Å². The van der Waals surface area contributed by atoms with E-state index in [4.69, 9.17) is 9.47 Å². The standard InChI is InChI=1S/C20H23FO7/c1-10-7-14(21)18(24)19(25)15(22)6-4-5-12-8-13(27-3)9-16(23)17(12)20(26)28-11(10)2/h4-5,7-11,15,19,22-23,25H,6H2,1-3H3/b5-4+,14-7+/t10-,11?,15+,19+/m1/s1. The molecule has 3 N–H and O–H groups in total. The van der Waals surface area contributed by atoms with Gasteiger partial charge in [-0.15, -0.1) is 0 Å². The second-order valence-corrected chi connectivity index (χ2v) is 6.61. The van der Waals surface area contributed by atoms with Crippen LogP contribution in [0.3, 0.4) is 0 Å². The maximum absolute atomic E-state index is 14.1. The number of rotatable bonds is 1. The summed E-state index contributed by atoms with van der Waals surface area (Å²) in [5.41, 5.74) is 0.136. The number of carbonyl (C=O) groups is 2. The largest absolute Gasteiger partial charge is 0.507 e. The van der Waals surface area contributed by atoms with Crippen molar-refractivity contribution < 1.29 is 38.8 Å². The third kappa shape index (κ3) is 4.76. The molecule has 0 saturated heterocycles. The zero-order valence-electron chi connectivity index (χ0n) is 15.8. The summed E-state index contributed by atoms with van der Waals surface area (Å²) in [6.45, 7) is 3.03. The van der Waals surface area contributed by atoms with E-state index in [2.05, 4.69) is 0 Å². The SMILES string of the molecule is COc1cc(O)c2c(c1)/C=C/C[C@H](O)[C@H](O)C(=O)/C(F)=C\[C@@H](C)C(C)OC2=O. The van der Waals surface area contributed by atoms with Gasteiger partial charge in [-0.05, 0) is 31.1 Å². The van der Waals surface area contributed by atoms with E-state index in [-0.39, 0.29) is 29.0 Å². The molecule has 2 rings (SSSR count). The van der Waals surface area contributed by atoms with Gasteiger partial charge in [-0.3, -0.25) is 4.79 Å². The molecule has 152 valence electrons. The number of phenols is 1. The van der Waals surface area contributed by atoms with Crippen LogP contribution in [0.1, 0.15) is 36.2 Å². The molecule has 0 saturated carbocycles. The molecule has 7 nitrogen and oxygen atoms in total. The summed E-state index contributed by atoms with van der Waals surface area (Å²) in [5, 5.41) is 30.1. The van der Waals surface area contributed by atoms with E-state index in [1.54, 1.807) is 0 Å². The van der Waals surface area contributed by atoms with E-state index in [0.717, 1.165) is 6.08 Å². The van der Waals surface area contributed by atoms with Crippen molar-refractivity contribution >= 4 is 17.8 Å². The summed E-state index contributed by atoms with van der Waals surface area (Å²) >= 11 is 0. The molecule has 0 aliphatic carbocycles. The van der Waals surface area contributed by atoms with Gasteiger partial charge in [-0.25, -0.2) is 9.18 Å². The summed E-state index contributed by atoms with van der Waals surface area (Å²) in [6.07, 6.45) is -0.808. The van der Waals surface area contributed by atoms with E-state index in [1.807, 2.05) is 0 Å². The maximum Gasteiger partial charge on any atom is 0.342 e. The van der Waals surface area contributed by atoms with Crippen LogP contribution in [-0.2, 0) is 9.53 Å². The van der Waals surface area contributed by atoms with Crippen LogP contribution in [0.2, 0.25) is 0 Å². The van der Waals surface area contributed by atoms with E-state index < -0.39 is 41.8 Å². The van der Waals surface area contributed by atoms with Crippen LogP contribution < -0.4 is 4.74 Å². The molecule has 0 amide bonds. The first-order valence-corrected chi connectivity index (χ1v) is 8.71. The fourth-order valence-corrected chi connectivity index (χ4v) is 2.66. The van der Waals surface area contributed by atoms with Crippen LogP contribution >= 0.6 is 0 Å². The van der Waals surface area contributed by atoms with Crippen molar-refractivity contribution in [2.75, 3.05) is 7.11 Å². The van der Waals surface area contributed by atoms with E-state index in [0.29, 0.717) is 0 Å². The number of hydrogen-bond donors (Lipinski definition) is 3. The average Bonchev–Trinajstić information content (AvgIpc) is 2.65. The molecule has 0 fully saturated rings. The maximum atomic E-state index is 14.1. The Kier molecular flexibility index (Phi) is 6.93. The molecular weight excluding hydrogens is 371 g/mol. The number of ether oxygens (including phenoxy) is 2. The Balaban J connectivity index is 2.54. The highest BCUT2D eigenvalue weighted by Crippen LogP contribution is 2.31. The van der Waals surface area contributed by atoms with Crippen LogP contribution in [-0.4, -0.2) is 52.5 Å². The van der Waals surface area contributed by atoms with Gasteiger partial charge in [0, 0.05) is 12.0 Å². The Labute approximate surface area is 161 Å². The van der Waals surface area contributed by atoms with Crippen molar-refractivity contribution in [2.24, 2.45) is 5.92 Å². The number of Topliss-reactive ketones (excluding diaryl/α,β-unsaturated/α-hetero) is 1. The first-order valence-electron chi connectivity index (χ1n) is 8.71. The lowest BCUT2D eigenvalue weighted by atomic mass is 9.99. The van der Waals surface area contributed by atoms with E-state index >= 15 is 0 Å². The average molecular weight is 394 g/mol. The number of phenolic OH excluding ortho intramolecular Hbond substituents is 1. The van der Waals surface area contributed by atoms with Crippen molar-refractivity contribution in [3.8, 4) is 11.5 Å². The van der Waals surface area contributed by atoms with Crippen LogP contribution in [0.4, 0.5) is 4.39 Å². The van der Waals surface area contributed by atoms with Gasteiger partial charge in [0.1, 0.15) is 29.3 Å². The van der Waals surface area contributed by atoms with Gasteiger partial charge in [0.2, 0.25) is 5.78 Å². The van der Waals surface area contributed by atoms with Crippen molar-refractivity contribution in [3.05, 3.63) is 41.2 Å². The van der Waals surface area contributed by atoms with Crippen molar-refractivity contribution in [1.82, 2.24) is 0 Å². The molecular formula is C20H23FO7. The number of halogens is 1. The minimum atomic E-state index is -1.94. The van der Waals surface area contributed by atoms with Crippen LogP contribution in [0, 0.1) is 5.92 Å². The molecule has 1 heterocycles. The quantitative estimate of drug-likeness (QED) is 0.626. The second-order valence-electron chi connectivity index (χ2n) is 6.61. The predicted octanol–water partition coefficient (Wildman–Crippen LogP) is 2.14. The minimum Gasteiger partial charge on any atom is -0.507 e. The molecule has 8 heteroatoms. The molecule has 0 aromatic heterocycles. The number of benzene rings is 1. The molecule has 0 spiro atoms. The Bertz CT molecular complexity index is 815. The number of aliphatic hydroxyl groups is 2. The summed E-state index contributed by atoms with van der Waals surface area (Å²) < 4.78 is 24.5. The third-order valence-electron chi connectivity index (χ3n) is 4.55. The lowest BCUT2D eigenvalue weighted by Gasteiger charge is -2.20. The van der Waals surface area contributed by atoms with Gasteiger partial charge >= 0.3 is 5.97 Å². The lowest BCUT2D eigenvalue weighted by molar-refractivity contribution is -0.130. The topological polar surface area (TPSA) is 113 Å². The number of esters is 1. The van der Waals surface area contributed by atoms with E-state index in [9.17, 15) is 29.3 Å². The smallest absolute Gasteiger partial charge is 0.342 e. The number of hydrogen-bond acceptors (Lipinski definition) is 7. The van der Waals surface area contributed by atoms with Crippen LogP contribution in [0.25, 0.3) is 6.08 Å². The van der Waals surface area contributed by atoms with Crippen molar-refractivity contribution in [3.63, 3.8) is 0 Å². The number of aliphatic hydroxyl groups excluding tert-OH is 2. The molecule has 1 aromatic carbocycles. The molecule has 28 heavy (non-hydrogen) atoms. The Morgan fingerprint density at radius 2 is 1.89 bits per heavy atom. The van der Waals surface area contributed by atoms with Crippen LogP contribution in [0.15, 0.2) is 30.1 Å². The Hall–Kier alpha value is -2.71. The summed E-state index contributed by atoms with van der Waals surface area (Å²) in [5.74, 6) is -4.10. The fraction of sp³-hybridized carbons (Fsp3) is 0.400. The zero-order valence-corrected chi connectivity index (χ0v) is 15.8. The third-order valence-corrected chi connectivity index (χ3v) is 4.55. The normalized spacial score (nSPS) is 29.7. The molecule has 1 aliphatic heterocycles. The highest BCUT2D eigenvalue weighted by atomic mass is 19.1. The molecule has 0 radical (unpaired) electrons. The summed E-state index contributed by atoms with van der Waals surface area (Å²) in [6, 6.07) is 2.74. The Morgan fingerprint density at radius 1 is 1.21 bits per heavy atom. The molecule has 0 bridgehead atoms. The lowest BCUT2D eigenvalue weighted by Crippen LogP contribution is -2.34. The monoisotopic (exact) mass is 394 g/mol. The van der Waals surface area contributed by atoms with Gasteiger partial charge in [0.25, 0.3) is 0 Å².